The Hall–Kier alpha value is -2.86. The largest absolute Gasteiger partial charge is 0.496 e. The Labute approximate surface area is 184 Å². The molecule has 0 aliphatic heterocycles. The van der Waals surface area contributed by atoms with Gasteiger partial charge in [-0.15, -0.1) is 0 Å². The standard InChI is InChI=1S/C25H33N3O3/c1-31-23-11-6-5-10-22(23)24(29)27-21-14-12-19(13-15-21)18-28(17-7-16-26)25(30)20-8-3-2-4-9-20/h5-6,10-15,20H,2-4,7-9,16-18,26H2,1H3,(H,27,29). The highest BCUT2D eigenvalue weighted by atomic mass is 16.5. The lowest BCUT2D eigenvalue weighted by molar-refractivity contribution is -0.137. The van der Waals surface area contributed by atoms with Crippen molar-refractivity contribution in [3.63, 3.8) is 0 Å². The third kappa shape index (κ3) is 6.31. The zero-order valence-electron chi connectivity index (χ0n) is 18.3. The van der Waals surface area contributed by atoms with E-state index in [1.54, 1.807) is 25.3 Å². The number of para-hydroxylation sites is 1. The molecule has 3 N–H and O–H groups in total. The van der Waals surface area contributed by atoms with Crippen molar-refractivity contribution in [2.24, 2.45) is 11.7 Å². The lowest BCUT2D eigenvalue weighted by atomic mass is 9.88. The van der Waals surface area contributed by atoms with E-state index in [9.17, 15) is 9.59 Å². The minimum absolute atomic E-state index is 0.144. The third-order valence-electron chi connectivity index (χ3n) is 5.84. The van der Waals surface area contributed by atoms with Gasteiger partial charge in [0.2, 0.25) is 5.91 Å². The van der Waals surface area contributed by atoms with Gasteiger partial charge in [-0.2, -0.15) is 0 Å². The van der Waals surface area contributed by atoms with Crippen LogP contribution in [0.4, 0.5) is 5.69 Å². The van der Waals surface area contributed by atoms with Crippen LogP contribution in [0.2, 0.25) is 0 Å². The fraction of sp³-hybridized carbons (Fsp3) is 0.440. The summed E-state index contributed by atoms with van der Waals surface area (Å²) in [6.07, 6.45) is 6.29. The van der Waals surface area contributed by atoms with Crippen LogP contribution in [0.1, 0.15) is 54.4 Å². The Morgan fingerprint density at radius 2 is 1.77 bits per heavy atom. The Kier molecular flexibility index (Phi) is 8.47. The number of nitrogens with two attached hydrogens (primary N) is 1. The molecule has 0 aromatic heterocycles. The number of hydrogen-bond donors (Lipinski definition) is 2. The van der Waals surface area contributed by atoms with Crippen molar-refractivity contribution < 1.29 is 14.3 Å². The molecule has 0 atom stereocenters. The first-order valence-electron chi connectivity index (χ1n) is 11.1. The van der Waals surface area contributed by atoms with E-state index in [1.807, 2.05) is 35.2 Å². The predicted octanol–water partition coefficient (Wildman–Crippen LogP) is 4.21. The SMILES string of the molecule is COc1ccccc1C(=O)Nc1ccc(CN(CCCN)C(=O)C2CCCCC2)cc1. The first kappa shape index (κ1) is 22.8. The number of anilines is 1. The average Bonchev–Trinajstić information content (AvgIpc) is 2.82. The van der Waals surface area contributed by atoms with E-state index in [4.69, 9.17) is 10.5 Å². The van der Waals surface area contributed by atoms with Crippen molar-refractivity contribution in [3.05, 3.63) is 59.7 Å². The van der Waals surface area contributed by atoms with Gasteiger partial charge in [0.15, 0.2) is 0 Å². The van der Waals surface area contributed by atoms with E-state index in [0.29, 0.717) is 36.6 Å². The van der Waals surface area contributed by atoms with Crippen LogP contribution in [-0.2, 0) is 11.3 Å². The van der Waals surface area contributed by atoms with Crippen LogP contribution in [0, 0.1) is 5.92 Å². The van der Waals surface area contributed by atoms with Gasteiger partial charge in [-0.25, -0.2) is 0 Å². The maximum absolute atomic E-state index is 13.1. The Bertz CT molecular complexity index is 861. The second kappa shape index (κ2) is 11.5. The highest BCUT2D eigenvalue weighted by Gasteiger charge is 2.25. The van der Waals surface area contributed by atoms with Gasteiger partial charge >= 0.3 is 0 Å². The molecule has 31 heavy (non-hydrogen) atoms. The molecule has 6 nitrogen and oxygen atoms in total. The molecule has 6 heteroatoms. The first-order chi connectivity index (χ1) is 15.1. The molecule has 1 fully saturated rings. The zero-order valence-corrected chi connectivity index (χ0v) is 18.3. The number of hydrogen-bond acceptors (Lipinski definition) is 4. The maximum Gasteiger partial charge on any atom is 0.259 e. The monoisotopic (exact) mass is 423 g/mol. The summed E-state index contributed by atoms with van der Waals surface area (Å²) in [7, 11) is 1.55. The lowest BCUT2D eigenvalue weighted by Gasteiger charge is -2.29. The maximum atomic E-state index is 13.1. The molecule has 2 amide bonds. The van der Waals surface area contributed by atoms with Gasteiger partial charge in [-0.05, 0) is 55.6 Å². The molecule has 1 aliphatic rings. The van der Waals surface area contributed by atoms with E-state index < -0.39 is 0 Å². The van der Waals surface area contributed by atoms with Crippen molar-refractivity contribution >= 4 is 17.5 Å². The summed E-state index contributed by atoms with van der Waals surface area (Å²) in [5, 5.41) is 2.91. The van der Waals surface area contributed by atoms with Crippen LogP contribution < -0.4 is 15.8 Å². The summed E-state index contributed by atoms with van der Waals surface area (Å²) >= 11 is 0. The van der Waals surface area contributed by atoms with E-state index in [1.165, 1.54) is 6.42 Å². The topological polar surface area (TPSA) is 84.7 Å². The van der Waals surface area contributed by atoms with Crippen LogP contribution >= 0.6 is 0 Å². The quantitative estimate of drug-likeness (QED) is 0.633. The number of carbonyl (C=O) groups is 2. The molecular formula is C25H33N3O3. The fourth-order valence-corrected chi connectivity index (χ4v) is 4.10. The minimum Gasteiger partial charge on any atom is -0.496 e. The number of carbonyl (C=O) groups excluding carboxylic acids is 2. The lowest BCUT2D eigenvalue weighted by Crippen LogP contribution is -2.37. The summed E-state index contributed by atoms with van der Waals surface area (Å²) < 4.78 is 5.26. The van der Waals surface area contributed by atoms with E-state index in [-0.39, 0.29) is 17.7 Å². The molecule has 0 heterocycles. The van der Waals surface area contributed by atoms with Gasteiger partial charge < -0.3 is 20.7 Å². The fourth-order valence-electron chi connectivity index (χ4n) is 4.10. The second-order valence-corrected chi connectivity index (χ2v) is 8.09. The third-order valence-corrected chi connectivity index (χ3v) is 5.84. The summed E-state index contributed by atoms with van der Waals surface area (Å²) in [6.45, 7) is 1.82. The van der Waals surface area contributed by atoms with Crippen molar-refractivity contribution in [1.82, 2.24) is 4.90 Å². The number of amides is 2. The number of methoxy groups -OCH3 is 1. The highest BCUT2D eigenvalue weighted by Crippen LogP contribution is 2.26. The molecule has 0 saturated heterocycles. The Morgan fingerprint density at radius 3 is 2.45 bits per heavy atom. The Balaban J connectivity index is 1.64. The van der Waals surface area contributed by atoms with Gasteiger partial charge in [0, 0.05) is 24.7 Å². The number of rotatable bonds is 9. The summed E-state index contributed by atoms with van der Waals surface area (Å²) in [5.74, 6) is 0.711. The second-order valence-electron chi connectivity index (χ2n) is 8.09. The minimum atomic E-state index is -0.220. The Morgan fingerprint density at radius 1 is 1.06 bits per heavy atom. The van der Waals surface area contributed by atoms with Gasteiger partial charge in [0.05, 0.1) is 12.7 Å². The summed E-state index contributed by atoms with van der Waals surface area (Å²) in [4.78, 5) is 27.6. The molecule has 2 aromatic carbocycles. The van der Waals surface area contributed by atoms with E-state index >= 15 is 0 Å². The molecule has 3 rings (SSSR count). The molecular weight excluding hydrogens is 390 g/mol. The molecule has 0 radical (unpaired) electrons. The molecule has 0 spiro atoms. The van der Waals surface area contributed by atoms with Crippen LogP contribution in [-0.4, -0.2) is 36.9 Å². The number of nitrogens with one attached hydrogen (secondary N) is 1. The highest BCUT2D eigenvalue weighted by molar-refractivity contribution is 6.06. The normalized spacial score (nSPS) is 14.1. The van der Waals surface area contributed by atoms with Gasteiger partial charge in [-0.3, -0.25) is 9.59 Å². The molecule has 2 aromatic rings. The number of nitrogens with zero attached hydrogens (tertiary/aromatic N) is 1. The molecule has 1 saturated carbocycles. The van der Waals surface area contributed by atoms with Crippen molar-refractivity contribution in [1.29, 1.82) is 0 Å². The van der Waals surface area contributed by atoms with Crippen LogP contribution in [0.5, 0.6) is 5.75 Å². The number of ether oxygens (including phenoxy) is 1. The van der Waals surface area contributed by atoms with Crippen LogP contribution in [0.25, 0.3) is 0 Å². The smallest absolute Gasteiger partial charge is 0.259 e. The molecule has 0 unspecified atom stereocenters. The molecule has 166 valence electrons. The van der Waals surface area contributed by atoms with E-state index in [2.05, 4.69) is 5.32 Å². The van der Waals surface area contributed by atoms with Crippen LogP contribution in [0.15, 0.2) is 48.5 Å². The first-order valence-corrected chi connectivity index (χ1v) is 11.1. The molecule has 1 aliphatic carbocycles. The van der Waals surface area contributed by atoms with Crippen molar-refractivity contribution in [2.45, 2.75) is 45.1 Å². The molecule has 0 bridgehead atoms. The van der Waals surface area contributed by atoms with Crippen molar-refractivity contribution in [2.75, 3.05) is 25.5 Å². The number of benzene rings is 2. The van der Waals surface area contributed by atoms with Crippen LogP contribution in [0.3, 0.4) is 0 Å². The van der Waals surface area contributed by atoms with Crippen molar-refractivity contribution in [3.8, 4) is 5.75 Å². The van der Waals surface area contributed by atoms with Gasteiger partial charge in [0.25, 0.3) is 5.91 Å². The predicted molar refractivity (Wildman–Crippen MR) is 123 cm³/mol. The van der Waals surface area contributed by atoms with Gasteiger partial charge in [-0.1, -0.05) is 43.5 Å². The zero-order chi connectivity index (χ0) is 22.1. The summed E-state index contributed by atoms with van der Waals surface area (Å²) in [5.41, 5.74) is 7.92. The average molecular weight is 424 g/mol. The van der Waals surface area contributed by atoms with Gasteiger partial charge in [0.1, 0.15) is 5.75 Å². The summed E-state index contributed by atoms with van der Waals surface area (Å²) in [6, 6.07) is 14.8. The van der Waals surface area contributed by atoms with E-state index in [0.717, 1.165) is 37.7 Å².